The van der Waals surface area contributed by atoms with E-state index in [1.54, 1.807) is 18.2 Å². The van der Waals surface area contributed by atoms with Crippen LogP contribution in [0.3, 0.4) is 0 Å². The molecule has 0 radical (unpaired) electrons. The van der Waals surface area contributed by atoms with Crippen molar-refractivity contribution in [2.45, 2.75) is 6.54 Å². The van der Waals surface area contributed by atoms with Crippen LogP contribution in [0.5, 0.6) is 0 Å². The fourth-order valence-electron chi connectivity index (χ4n) is 2.37. The zero-order chi connectivity index (χ0) is 19.8. The van der Waals surface area contributed by atoms with E-state index in [2.05, 4.69) is 28.2 Å². The smallest absolute Gasteiger partial charge is 0.276 e. The van der Waals surface area contributed by atoms with Gasteiger partial charge in [0.05, 0.1) is 18.7 Å². The van der Waals surface area contributed by atoms with Crippen LogP contribution in [0.2, 0.25) is 0 Å². The number of likely N-dealkylation sites (N-methyl/N-ethyl adjacent to an activating group) is 1. The molecule has 0 aliphatic heterocycles. The van der Waals surface area contributed by atoms with E-state index in [0.29, 0.717) is 23.6 Å². The minimum absolute atomic E-state index is 0.220. The Hall–Kier alpha value is -3.11. The Morgan fingerprint density at radius 3 is 2.70 bits per heavy atom. The van der Waals surface area contributed by atoms with Crippen LogP contribution in [0.15, 0.2) is 41.7 Å². The largest absolute Gasteiger partial charge is 0.374 e. The predicted octanol–water partition coefficient (Wildman–Crippen LogP) is 1.60. The maximum absolute atomic E-state index is 13.1. The molecule has 1 aromatic heterocycles. The van der Waals surface area contributed by atoms with E-state index in [1.807, 2.05) is 19.0 Å². The molecule has 2 N–H and O–H groups in total. The summed E-state index contributed by atoms with van der Waals surface area (Å²) in [6, 6.07) is 7.62. The van der Waals surface area contributed by atoms with Gasteiger partial charge in [-0.2, -0.15) is 5.10 Å². The first-order chi connectivity index (χ1) is 12.9. The molecule has 0 spiro atoms. The molecular formula is C20H24FN5O. The lowest BCUT2D eigenvalue weighted by Crippen LogP contribution is -2.30. The van der Waals surface area contributed by atoms with Gasteiger partial charge in [-0.25, -0.2) is 9.07 Å². The summed E-state index contributed by atoms with van der Waals surface area (Å²) in [5.41, 5.74) is 1.29. The molecule has 0 atom stereocenters. The molecule has 0 aliphatic rings. The minimum Gasteiger partial charge on any atom is -0.374 e. The molecule has 0 unspecified atom stereocenters. The van der Waals surface area contributed by atoms with E-state index in [4.69, 9.17) is 6.42 Å². The summed E-state index contributed by atoms with van der Waals surface area (Å²) in [4.78, 5) is 14.9. The van der Waals surface area contributed by atoms with Crippen molar-refractivity contribution in [2.75, 3.05) is 39.0 Å². The average molecular weight is 369 g/mol. The highest BCUT2D eigenvalue weighted by Crippen LogP contribution is 2.11. The quantitative estimate of drug-likeness (QED) is 0.658. The van der Waals surface area contributed by atoms with Gasteiger partial charge in [-0.1, -0.05) is 24.6 Å². The summed E-state index contributed by atoms with van der Waals surface area (Å²) in [5.74, 6) is 2.68. The lowest BCUT2D eigenvalue weighted by molar-refractivity contribution is 0.425. The van der Waals surface area contributed by atoms with Gasteiger partial charge in [0.2, 0.25) is 0 Å². The van der Waals surface area contributed by atoms with Crippen LogP contribution in [0.4, 0.5) is 10.2 Å². The lowest BCUT2D eigenvalue weighted by Gasteiger charge is -2.15. The molecule has 0 amide bonds. The number of aromatic nitrogens is 2. The molecule has 7 heteroatoms. The summed E-state index contributed by atoms with van der Waals surface area (Å²) in [7, 11) is 3.95. The molecule has 0 fully saturated rings. The first-order valence-electron chi connectivity index (χ1n) is 8.52. The Morgan fingerprint density at radius 1 is 1.37 bits per heavy atom. The molecule has 2 rings (SSSR count). The van der Waals surface area contributed by atoms with Gasteiger partial charge in [-0.3, -0.25) is 4.79 Å². The van der Waals surface area contributed by atoms with Gasteiger partial charge in [0.25, 0.3) is 5.56 Å². The van der Waals surface area contributed by atoms with Crippen LogP contribution in [0.25, 0.3) is 5.70 Å². The Morgan fingerprint density at radius 2 is 2.07 bits per heavy atom. The topological polar surface area (TPSA) is 62.2 Å². The monoisotopic (exact) mass is 369 g/mol. The third-order valence-corrected chi connectivity index (χ3v) is 3.81. The minimum atomic E-state index is -0.328. The standard InChI is InChI=1S/C20H24FN5O/c1-5-10-22-15(2)18-13-19(23-11-12-25(3)4)24-26(20(18)27)14-16-6-8-17(21)9-7-16/h1,6-9,13,22H,2,10-12,14H2,3-4H3,(H,23,24). The summed E-state index contributed by atoms with van der Waals surface area (Å²) >= 11 is 0. The van der Waals surface area contributed by atoms with Crippen molar-refractivity contribution in [2.24, 2.45) is 0 Å². The van der Waals surface area contributed by atoms with Gasteiger partial charge in [0.15, 0.2) is 0 Å². The van der Waals surface area contributed by atoms with E-state index >= 15 is 0 Å². The van der Waals surface area contributed by atoms with Gasteiger partial charge < -0.3 is 15.5 Å². The lowest BCUT2D eigenvalue weighted by atomic mass is 10.2. The highest BCUT2D eigenvalue weighted by atomic mass is 19.1. The average Bonchev–Trinajstić information content (AvgIpc) is 2.63. The predicted molar refractivity (Wildman–Crippen MR) is 107 cm³/mol. The zero-order valence-corrected chi connectivity index (χ0v) is 15.6. The fraction of sp³-hybridized carbons (Fsp3) is 0.300. The SMILES string of the molecule is C#CCNC(=C)c1cc(NCCN(C)C)nn(Cc2ccc(F)cc2)c1=O. The second-order valence-corrected chi connectivity index (χ2v) is 6.30. The maximum Gasteiger partial charge on any atom is 0.276 e. The van der Waals surface area contributed by atoms with Crippen molar-refractivity contribution in [3.63, 3.8) is 0 Å². The number of anilines is 1. The van der Waals surface area contributed by atoms with Crippen LogP contribution >= 0.6 is 0 Å². The second-order valence-electron chi connectivity index (χ2n) is 6.30. The van der Waals surface area contributed by atoms with Crippen molar-refractivity contribution in [3.8, 4) is 12.3 Å². The van der Waals surface area contributed by atoms with Gasteiger partial charge >= 0.3 is 0 Å². The van der Waals surface area contributed by atoms with Crippen LogP contribution < -0.4 is 16.2 Å². The van der Waals surface area contributed by atoms with E-state index in [0.717, 1.165) is 12.1 Å². The molecule has 27 heavy (non-hydrogen) atoms. The first-order valence-corrected chi connectivity index (χ1v) is 8.52. The maximum atomic E-state index is 13.1. The molecular weight excluding hydrogens is 345 g/mol. The molecule has 1 heterocycles. The van der Waals surface area contributed by atoms with Crippen molar-refractivity contribution in [3.05, 3.63) is 64.2 Å². The molecule has 2 aromatic rings. The van der Waals surface area contributed by atoms with E-state index in [1.165, 1.54) is 16.8 Å². The Bertz CT molecular complexity index is 881. The van der Waals surface area contributed by atoms with Crippen LogP contribution in [-0.4, -0.2) is 48.4 Å². The highest BCUT2D eigenvalue weighted by Gasteiger charge is 2.12. The summed E-state index contributed by atoms with van der Waals surface area (Å²) in [6.45, 7) is 5.86. The van der Waals surface area contributed by atoms with Crippen LogP contribution in [0.1, 0.15) is 11.1 Å². The molecule has 142 valence electrons. The number of benzene rings is 1. The van der Waals surface area contributed by atoms with Crippen LogP contribution in [0, 0.1) is 18.2 Å². The number of terminal acetylenes is 1. The number of hydrogen-bond donors (Lipinski definition) is 2. The van der Waals surface area contributed by atoms with Gasteiger partial charge in [-0.05, 0) is 37.9 Å². The second kappa shape index (κ2) is 9.55. The first kappa shape index (κ1) is 20.2. The molecule has 0 saturated carbocycles. The Labute approximate surface area is 158 Å². The summed E-state index contributed by atoms with van der Waals surface area (Å²) in [5, 5.41) is 10.5. The fourth-order valence-corrected chi connectivity index (χ4v) is 2.37. The summed E-state index contributed by atoms with van der Waals surface area (Å²) in [6.07, 6.45) is 5.26. The highest BCUT2D eigenvalue weighted by molar-refractivity contribution is 5.63. The molecule has 1 aromatic carbocycles. The van der Waals surface area contributed by atoms with Crippen molar-refractivity contribution >= 4 is 11.5 Å². The summed E-state index contributed by atoms with van der Waals surface area (Å²) < 4.78 is 14.5. The zero-order valence-electron chi connectivity index (χ0n) is 15.6. The molecule has 6 nitrogen and oxygen atoms in total. The number of rotatable bonds is 9. The number of nitrogens with one attached hydrogen (secondary N) is 2. The number of halogens is 1. The van der Waals surface area contributed by atoms with Gasteiger partial charge in [-0.15, -0.1) is 6.42 Å². The van der Waals surface area contributed by atoms with E-state index in [-0.39, 0.29) is 24.5 Å². The van der Waals surface area contributed by atoms with Gasteiger partial charge in [0, 0.05) is 18.8 Å². The van der Waals surface area contributed by atoms with Crippen molar-refractivity contribution < 1.29 is 4.39 Å². The van der Waals surface area contributed by atoms with E-state index < -0.39 is 0 Å². The molecule has 0 aliphatic carbocycles. The third-order valence-electron chi connectivity index (χ3n) is 3.81. The number of nitrogens with zero attached hydrogens (tertiary/aromatic N) is 3. The Balaban J connectivity index is 2.34. The third kappa shape index (κ3) is 5.97. The molecule has 0 saturated heterocycles. The van der Waals surface area contributed by atoms with E-state index in [9.17, 15) is 9.18 Å². The van der Waals surface area contributed by atoms with Gasteiger partial charge in [0.1, 0.15) is 11.6 Å². The Kier molecular flexibility index (Phi) is 7.15. The number of hydrogen-bond acceptors (Lipinski definition) is 5. The van der Waals surface area contributed by atoms with Crippen molar-refractivity contribution in [1.29, 1.82) is 0 Å². The normalized spacial score (nSPS) is 10.5. The van der Waals surface area contributed by atoms with Crippen molar-refractivity contribution in [1.82, 2.24) is 20.0 Å². The van der Waals surface area contributed by atoms with Crippen LogP contribution in [-0.2, 0) is 6.54 Å². The molecule has 0 bridgehead atoms.